The maximum absolute atomic E-state index is 12.0. The Hall–Kier alpha value is -1.58. The molecule has 0 aliphatic carbocycles. The van der Waals surface area contributed by atoms with E-state index < -0.39 is 5.60 Å². The minimum absolute atomic E-state index is 0.255. The van der Waals surface area contributed by atoms with Gasteiger partial charge >= 0.3 is 6.09 Å². The predicted molar refractivity (Wildman–Crippen MR) is 92.8 cm³/mol. The maximum Gasteiger partial charge on any atom is 0.414 e. The van der Waals surface area contributed by atoms with Crippen LogP contribution in [0.3, 0.4) is 0 Å². The van der Waals surface area contributed by atoms with E-state index in [9.17, 15) is 9.59 Å². The summed E-state index contributed by atoms with van der Waals surface area (Å²) in [7, 11) is 0. The molecule has 0 bridgehead atoms. The number of amides is 1. The normalized spacial score (nSPS) is 11.2. The minimum atomic E-state index is -0.475. The van der Waals surface area contributed by atoms with E-state index in [1.165, 1.54) is 0 Å². The van der Waals surface area contributed by atoms with Crippen LogP contribution in [0.2, 0.25) is 0 Å². The molecular weight excluding hydrogens is 278 g/mol. The number of carbonyl (C=O) groups excluding carboxylic acids is 2. The fourth-order valence-electron chi connectivity index (χ4n) is 1.42. The molecule has 0 N–H and O–H groups in total. The summed E-state index contributed by atoms with van der Waals surface area (Å²) in [6.07, 6.45) is 3.21. The largest absolute Gasteiger partial charge is 0.443 e. The summed E-state index contributed by atoms with van der Waals surface area (Å²) in [5, 5.41) is 0. The second-order valence-electron chi connectivity index (χ2n) is 6.06. The number of hydrogen-bond acceptors (Lipinski definition) is 3. The van der Waals surface area contributed by atoms with Gasteiger partial charge in [0.25, 0.3) is 0 Å². The third-order valence-corrected chi connectivity index (χ3v) is 2.55. The number of rotatable bonds is 5. The van der Waals surface area contributed by atoms with Crippen molar-refractivity contribution >= 4 is 11.9 Å². The summed E-state index contributed by atoms with van der Waals surface area (Å²) in [6, 6.07) is 0. The Bertz CT molecular complexity index is 403. The second kappa shape index (κ2) is 11.0. The lowest BCUT2D eigenvalue weighted by molar-refractivity contribution is -0.116. The van der Waals surface area contributed by atoms with Crippen LogP contribution in [0.25, 0.3) is 0 Å². The van der Waals surface area contributed by atoms with Crippen molar-refractivity contribution in [2.24, 2.45) is 0 Å². The van der Waals surface area contributed by atoms with E-state index in [1.54, 1.807) is 11.8 Å². The number of Topliss-reactive ketones (excluding diaryl/α,β-unsaturated/α-hetero) is 1. The average molecular weight is 311 g/mol. The quantitative estimate of drug-likeness (QED) is 0.664. The Morgan fingerprint density at radius 1 is 1.14 bits per heavy atom. The first-order valence-electron chi connectivity index (χ1n) is 7.86. The van der Waals surface area contributed by atoms with Gasteiger partial charge in [0.15, 0.2) is 0 Å². The highest BCUT2D eigenvalue weighted by Crippen LogP contribution is 2.18. The molecule has 0 radical (unpaired) electrons. The Labute approximate surface area is 136 Å². The monoisotopic (exact) mass is 311 g/mol. The Kier molecular flexibility index (Phi) is 11.4. The number of allylic oxidation sites excluding steroid dienone is 2. The van der Waals surface area contributed by atoms with Crippen molar-refractivity contribution in [2.75, 3.05) is 6.54 Å². The van der Waals surface area contributed by atoms with Gasteiger partial charge in [-0.2, -0.15) is 0 Å². The number of likely N-dealkylation sites (N-methyl/N-ethyl adjacent to an activating group) is 1. The molecule has 0 rings (SSSR count). The van der Waals surface area contributed by atoms with Crippen LogP contribution in [0.15, 0.2) is 23.9 Å². The van der Waals surface area contributed by atoms with Crippen LogP contribution in [0, 0.1) is 0 Å². The van der Waals surface area contributed by atoms with Gasteiger partial charge in [0.05, 0.1) is 0 Å². The van der Waals surface area contributed by atoms with E-state index in [-0.39, 0.29) is 11.9 Å². The summed E-state index contributed by atoms with van der Waals surface area (Å²) in [6.45, 7) is 19.4. The fourth-order valence-corrected chi connectivity index (χ4v) is 1.42. The van der Waals surface area contributed by atoms with Gasteiger partial charge in [0.1, 0.15) is 11.4 Å². The lowest BCUT2D eigenvalue weighted by Gasteiger charge is -2.28. The lowest BCUT2D eigenvalue weighted by atomic mass is 10.2. The minimum Gasteiger partial charge on any atom is -0.443 e. The number of hydrogen-bond donors (Lipinski definition) is 0. The van der Waals surface area contributed by atoms with Crippen LogP contribution in [-0.4, -0.2) is 28.9 Å². The summed E-state index contributed by atoms with van der Waals surface area (Å²) in [5.41, 5.74) is 1.25. The zero-order valence-electron chi connectivity index (χ0n) is 15.6. The van der Waals surface area contributed by atoms with E-state index >= 15 is 0 Å². The maximum atomic E-state index is 12.0. The molecule has 4 heteroatoms. The van der Waals surface area contributed by atoms with Crippen LogP contribution in [0.4, 0.5) is 4.79 Å². The van der Waals surface area contributed by atoms with E-state index in [0.29, 0.717) is 13.0 Å². The lowest BCUT2D eigenvalue weighted by Crippen LogP contribution is -2.36. The van der Waals surface area contributed by atoms with Crippen LogP contribution < -0.4 is 0 Å². The molecule has 0 spiro atoms. The first-order valence-corrected chi connectivity index (χ1v) is 7.86. The third-order valence-electron chi connectivity index (χ3n) is 2.55. The first-order chi connectivity index (χ1) is 9.99. The third kappa shape index (κ3) is 11.1. The molecule has 0 atom stereocenters. The molecule has 22 heavy (non-hydrogen) atoms. The molecular formula is C18H33NO3. The van der Waals surface area contributed by atoms with Gasteiger partial charge < -0.3 is 9.53 Å². The number of ether oxygens (including phenoxy) is 1. The first kappa shape index (κ1) is 22.7. The smallest absolute Gasteiger partial charge is 0.414 e. The van der Waals surface area contributed by atoms with Gasteiger partial charge in [-0.3, -0.25) is 4.90 Å². The number of carbonyl (C=O) groups is 2. The van der Waals surface area contributed by atoms with Gasteiger partial charge in [0.2, 0.25) is 0 Å². The molecule has 0 aromatic rings. The van der Waals surface area contributed by atoms with Gasteiger partial charge in [-0.15, -0.1) is 0 Å². The molecule has 0 heterocycles. The molecule has 1 amide bonds. The SMILES string of the molecule is C=C(C)/C(=C\CC)N(CC)C(=O)OC(C)(C)C.CCC(C)=O. The summed E-state index contributed by atoms with van der Waals surface area (Å²) < 4.78 is 5.37. The van der Waals surface area contributed by atoms with Crippen molar-refractivity contribution in [2.45, 2.75) is 73.8 Å². The standard InChI is InChI=1S/C14H25NO2.C4H8O/c1-8-10-12(11(3)4)15(9-2)13(16)17-14(5,6)7;1-3-4(2)5/h10H,3,8-9H2,1-2,4-7H3;3H2,1-2H3/b12-10+;. The highest BCUT2D eigenvalue weighted by Gasteiger charge is 2.23. The van der Waals surface area contributed by atoms with E-state index in [1.807, 2.05) is 54.5 Å². The number of nitrogens with zero attached hydrogens (tertiary/aromatic N) is 1. The summed E-state index contributed by atoms with van der Waals surface area (Å²) >= 11 is 0. The van der Waals surface area contributed by atoms with E-state index in [2.05, 4.69) is 6.58 Å². The van der Waals surface area contributed by atoms with Crippen LogP contribution in [-0.2, 0) is 9.53 Å². The van der Waals surface area contributed by atoms with E-state index in [4.69, 9.17) is 4.74 Å². The summed E-state index contributed by atoms with van der Waals surface area (Å²) in [4.78, 5) is 23.5. The summed E-state index contributed by atoms with van der Waals surface area (Å²) in [5.74, 6) is 0.255. The zero-order chi connectivity index (χ0) is 17.9. The molecule has 128 valence electrons. The number of ketones is 1. The molecule has 0 aliphatic rings. The second-order valence-corrected chi connectivity index (χ2v) is 6.06. The molecule has 0 aromatic heterocycles. The van der Waals surface area contributed by atoms with Crippen LogP contribution in [0.5, 0.6) is 0 Å². The highest BCUT2D eigenvalue weighted by atomic mass is 16.6. The van der Waals surface area contributed by atoms with E-state index in [0.717, 1.165) is 17.7 Å². The van der Waals surface area contributed by atoms with Crippen molar-refractivity contribution in [1.82, 2.24) is 4.90 Å². The molecule has 0 unspecified atom stereocenters. The molecule has 0 saturated carbocycles. The molecule has 0 aliphatic heterocycles. The van der Waals surface area contributed by atoms with Crippen LogP contribution in [0.1, 0.15) is 68.2 Å². The Balaban J connectivity index is 0. The molecule has 4 nitrogen and oxygen atoms in total. The predicted octanol–water partition coefficient (Wildman–Crippen LogP) is 5.10. The van der Waals surface area contributed by atoms with Crippen molar-refractivity contribution in [3.8, 4) is 0 Å². The van der Waals surface area contributed by atoms with Crippen LogP contribution >= 0.6 is 0 Å². The van der Waals surface area contributed by atoms with Gasteiger partial charge in [-0.25, -0.2) is 4.79 Å². The van der Waals surface area contributed by atoms with Gasteiger partial charge in [0, 0.05) is 18.7 Å². The van der Waals surface area contributed by atoms with Crippen molar-refractivity contribution in [3.05, 3.63) is 23.9 Å². The highest BCUT2D eigenvalue weighted by molar-refractivity contribution is 5.74. The van der Waals surface area contributed by atoms with Gasteiger partial charge in [-0.05, 0) is 53.5 Å². The molecule has 0 fully saturated rings. The van der Waals surface area contributed by atoms with Crippen molar-refractivity contribution in [3.63, 3.8) is 0 Å². The average Bonchev–Trinajstić information content (AvgIpc) is 2.36. The molecule has 0 saturated heterocycles. The molecule has 0 aromatic carbocycles. The van der Waals surface area contributed by atoms with Crippen molar-refractivity contribution < 1.29 is 14.3 Å². The fraction of sp³-hybridized carbons (Fsp3) is 0.667. The topological polar surface area (TPSA) is 46.6 Å². The van der Waals surface area contributed by atoms with Gasteiger partial charge in [-0.1, -0.05) is 26.5 Å². The van der Waals surface area contributed by atoms with Crippen molar-refractivity contribution in [1.29, 1.82) is 0 Å². The Morgan fingerprint density at radius 2 is 1.59 bits per heavy atom. The zero-order valence-corrected chi connectivity index (χ0v) is 15.6. The Morgan fingerprint density at radius 3 is 1.82 bits per heavy atom.